The minimum atomic E-state index is -3.54. The third-order valence-electron chi connectivity index (χ3n) is 5.18. The molecule has 0 spiro atoms. The number of fused-ring (bicyclic) bond motifs is 1. The van der Waals surface area contributed by atoms with Crippen LogP contribution >= 0.6 is 11.3 Å². The summed E-state index contributed by atoms with van der Waals surface area (Å²) in [6.45, 7) is 3.47. The number of nitrogens with zero attached hydrogens (tertiary/aromatic N) is 3. The largest absolute Gasteiger partial charge is 0.310 e. The molecule has 1 aliphatic heterocycles. The molecule has 1 saturated heterocycles. The minimum Gasteiger partial charge on any atom is -0.310 e. The van der Waals surface area contributed by atoms with E-state index in [-0.39, 0.29) is 12.5 Å². The van der Waals surface area contributed by atoms with Gasteiger partial charge in [-0.25, -0.2) is 13.4 Å². The molecule has 1 aromatic carbocycles. The number of nitrogens with one attached hydrogen (secondary N) is 1. The monoisotopic (exact) mass is 432 g/mol. The van der Waals surface area contributed by atoms with Crippen molar-refractivity contribution in [1.29, 1.82) is 0 Å². The molecule has 1 amide bonds. The first kappa shape index (κ1) is 20.1. The van der Waals surface area contributed by atoms with Crippen molar-refractivity contribution in [1.82, 2.24) is 13.9 Å². The molecule has 1 unspecified atom stereocenters. The Morgan fingerprint density at radius 1 is 1.28 bits per heavy atom. The Kier molecular flexibility index (Phi) is 5.71. The summed E-state index contributed by atoms with van der Waals surface area (Å²) in [7, 11) is -3.54. The van der Waals surface area contributed by atoms with Crippen LogP contribution in [0.25, 0.3) is 11.0 Å². The molecule has 0 aliphatic carbocycles. The molecular weight excluding hydrogens is 408 g/mol. The maximum Gasteiger partial charge on any atom is 0.252 e. The van der Waals surface area contributed by atoms with Crippen molar-refractivity contribution in [2.75, 3.05) is 18.4 Å². The lowest BCUT2D eigenvalue weighted by Crippen LogP contribution is -2.43. The molecular formula is C20H24N4O3S2. The lowest BCUT2D eigenvalue weighted by atomic mass is 9.99. The van der Waals surface area contributed by atoms with Crippen LogP contribution in [0.15, 0.2) is 46.0 Å². The number of sulfonamides is 1. The number of imidazole rings is 1. The fourth-order valence-electron chi connectivity index (χ4n) is 3.75. The van der Waals surface area contributed by atoms with E-state index >= 15 is 0 Å². The van der Waals surface area contributed by atoms with E-state index in [0.29, 0.717) is 29.5 Å². The van der Waals surface area contributed by atoms with Crippen LogP contribution in [0.1, 0.15) is 26.2 Å². The highest BCUT2D eigenvalue weighted by Gasteiger charge is 2.34. The quantitative estimate of drug-likeness (QED) is 0.646. The van der Waals surface area contributed by atoms with Gasteiger partial charge in [-0.05, 0) is 42.8 Å². The van der Waals surface area contributed by atoms with Gasteiger partial charge in [0.2, 0.25) is 11.9 Å². The predicted octanol–water partition coefficient (Wildman–Crippen LogP) is 3.55. The van der Waals surface area contributed by atoms with E-state index in [9.17, 15) is 13.2 Å². The molecule has 1 atom stereocenters. The number of aryl methyl sites for hydroxylation is 1. The van der Waals surface area contributed by atoms with Crippen LogP contribution < -0.4 is 5.32 Å². The van der Waals surface area contributed by atoms with Crippen molar-refractivity contribution >= 4 is 44.2 Å². The Morgan fingerprint density at radius 2 is 2.10 bits per heavy atom. The molecule has 0 saturated carbocycles. The van der Waals surface area contributed by atoms with Crippen molar-refractivity contribution in [3.63, 3.8) is 0 Å². The Bertz CT molecular complexity index is 1110. The first-order valence-electron chi connectivity index (χ1n) is 9.80. The van der Waals surface area contributed by atoms with E-state index in [1.54, 1.807) is 17.5 Å². The zero-order chi connectivity index (χ0) is 20.4. The Morgan fingerprint density at radius 3 is 2.86 bits per heavy atom. The van der Waals surface area contributed by atoms with Gasteiger partial charge in [-0.1, -0.05) is 25.1 Å². The van der Waals surface area contributed by atoms with Gasteiger partial charge in [-0.2, -0.15) is 4.31 Å². The SMILES string of the molecule is CCCn1c(NC(=O)C2CCCN(S(=O)(=O)c3cccs3)C2)nc2ccccc21. The summed E-state index contributed by atoms with van der Waals surface area (Å²) < 4.78 is 29.4. The zero-order valence-electron chi connectivity index (χ0n) is 16.2. The molecule has 7 nitrogen and oxygen atoms in total. The van der Waals surface area contributed by atoms with Gasteiger partial charge in [-0.15, -0.1) is 11.3 Å². The fraction of sp³-hybridized carbons (Fsp3) is 0.400. The lowest BCUT2D eigenvalue weighted by molar-refractivity contribution is -0.120. The summed E-state index contributed by atoms with van der Waals surface area (Å²) in [5.41, 5.74) is 1.82. The third-order valence-corrected chi connectivity index (χ3v) is 8.42. The fourth-order valence-corrected chi connectivity index (χ4v) is 6.41. The number of rotatable bonds is 6. The van der Waals surface area contributed by atoms with E-state index in [1.165, 1.54) is 15.6 Å². The van der Waals surface area contributed by atoms with Crippen LogP contribution in [0.5, 0.6) is 0 Å². The van der Waals surface area contributed by atoms with Crippen LogP contribution in [0.3, 0.4) is 0 Å². The molecule has 1 aliphatic rings. The van der Waals surface area contributed by atoms with Gasteiger partial charge in [0.25, 0.3) is 10.0 Å². The van der Waals surface area contributed by atoms with E-state index in [4.69, 9.17) is 0 Å². The second-order valence-corrected chi connectivity index (χ2v) is 10.3. The minimum absolute atomic E-state index is 0.177. The number of hydrogen-bond acceptors (Lipinski definition) is 5. The molecule has 2 aromatic heterocycles. The standard InChI is InChI=1S/C20H24N4O3S2/c1-2-11-24-17-9-4-3-8-16(17)21-20(24)22-19(25)15-7-5-12-23(14-15)29(26,27)18-10-6-13-28-18/h3-4,6,8-10,13,15H,2,5,7,11-12,14H2,1H3,(H,21,22,25). The number of para-hydroxylation sites is 2. The van der Waals surface area contributed by atoms with Gasteiger partial charge in [0.15, 0.2) is 0 Å². The predicted molar refractivity (Wildman–Crippen MR) is 114 cm³/mol. The summed E-state index contributed by atoms with van der Waals surface area (Å²) in [6, 6.07) is 11.1. The number of thiophene rings is 1. The van der Waals surface area contributed by atoms with Gasteiger partial charge >= 0.3 is 0 Å². The topological polar surface area (TPSA) is 84.3 Å². The van der Waals surface area contributed by atoms with Gasteiger partial charge < -0.3 is 4.57 Å². The highest BCUT2D eigenvalue weighted by Crippen LogP contribution is 2.27. The van der Waals surface area contributed by atoms with Crippen LogP contribution in [0.2, 0.25) is 0 Å². The molecule has 3 heterocycles. The second kappa shape index (κ2) is 8.25. The van der Waals surface area contributed by atoms with Crippen LogP contribution in [0.4, 0.5) is 5.95 Å². The van der Waals surface area contributed by atoms with Gasteiger partial charge in [0, 0.05) is 19.6 Å². The summed E-state index contributed by atoms with van der Waals surface area (Å²) >= 11 is 1.20. The molecule has 0 radical (unpaired) electrons. The van der Waals surface area contributed by atoms with E-state index in [1.807, 2.05) is 28.8 Å². The maximum atomic E-state index is 13.0. The summed E-state index contributed by atoms with van der Waals surface area (Å²) in [4.78, 5) is 17.6. The van der Waals surface area contributed by atoms with Crippen molar-refractivity contribution in [2.24, 2.45) is 5.92 Å². The highest BCUT2D eigenvalue weighted by molar-refractivity contribution is 7.91. The van der Waals surface area contributed by atoms with Gasteiger partial charge in [-0.3, -0.25) is 10.1 Å². The van der Waals surface area contributed by atoms with Crippen LogP contribution in [-0.4, -0.2) is 41.3 Å². The summed E-state index contributed by atoms with van der Waals surface area (Å²) in [6.07, 6.45) is 2.24. The van der Waals surface area contributed by atoms with Crippen molar-refractivity contribution in [3.8, 4) is 0 Å². The molecule has 0 bridgehead atoms. The summed E-state index contributed by atoms with van der Waals surface area (Å²) in [5, 5.41) is 4.70. The first-order valence-corrected chi connectivity index (χ1v) is 12.1. The second-order valence-electron chi connectivity index (χ2n) is 7.20. The number of carbonyl (C=O) groups is 1. The molecule has 154 valence electrons. The van der Waals surface area contributed by atoms with Crippen LogP contribution in [-0.2, 0) is 21.4 Å². The third kappa shape index (κ3) is 3.94. The van der Waals surface area contributed by atoms with E-state index in [0.717, 1.165) is 24.0 Å². The molecule has 9 heteroatoms. The Balaban J connectivity index is 1.53. The highest BCUT2D eigenvalue weighted by atomic mass is 32.2. The number of hydrogen-bond donors (Lipinski definition) is 1. The number of piperidine rings is 1. The van der Waals surface area contributed by atoms with Gasteiger partial charge in [0.1, 0.15) is 4.21 Å². The molecule has 29 heavy (non-hydrogen) atoms. The van der Waals surface area contributed by atoms with Crippen molar-refractivity contribution in [2.45, 2.75) is 36.9 Å². The van der Waals surface area contributed by atoms with E-state index < -0.39 is 15.9 Å². The molecule has 1 N–H and O–H groups in total. The average Bonchev–Trinajstić information content (AvgIpc) is 3.38. The normalized spacial score (nSPS) is 18.2. The zero-order valence-corrected chi connectivity index (χ0v) is 17.9. The maximum absolute atomic E-state index is 13.0. The van der Waals surface area contributed by atoms with Gasteiger partial charge in [0.05, 0.1) is 17.0 Å². The number of anilines is 1. The van der Waals surface area contributed by atoms with Crippen LogP contribution in [0, 0.1) is 5.92 Å². The number of benzene rings is 1. The lowest BCUT2D eigenvalue weighted by Gasteiger charge is -2.30. The number of carbonyl (C=O) groups excluding carboxylic acids is 1. The number of aromatic nitrogens is 2. The smallest absolute Gasteiger partial charge is 0.252 e. The Labute approximate surface area is 174 Å². The molecule has 3 aromatic rings. The molecule has 4 rings (SSSR count). The average molecular weight is 433 g/mol. The summed E-state index contributed by atoms with van der Waals surface area (Å²) in [5.74, 6) is -0.0478. The van der Waals surface area contributed by atoms with E-state index in [2.05, 4.69) is 17.2 Å². The van der Waals surface area contributed by atoms with Crippen molar-refractivity contribution in [3.05, 3.63) is 41.8 Å². The molecule has 1 fully saturated rings. The Hall–Kier alpha value is -2.23. The number of amides is 1. The van der Waals surface area contributed by atoms with Crippen molar-refractivity contribution < 1.29 is 13.2 Å². The first-order chi connectivity index (χ1) is 14.0.